The van der Waals surface area contributed by atoms with Crippen molar-refractivity contribution in [3.63, 3.8) is 0 Å². The Balaban J connectivity index is 1.56. The lowest BCUT2D eigenvalue weighted by Crippen LogP contribution is -2.16. The molecular weight excluding hydrogens is 502 g/mol. The zero-order valence-corrected chi connectivity index (χ0v) is 22.2. The predicted molar refractivity (Wildman–Crippen MR) is 165 cm³/mol. The van der Waals surface area contributed by atoms with Gasteiger partial charge < -0.3 is 9.80 Å². The van der Waals surface area contributed by atoms with Gasteiger partial charge in [-0.25, -0.2) is 0 Å². The second-order valence-electron chi connectivity index (χ2n) is 8.98. The number of nitrogens with zero attached hydrogens (tertiary/aromatic N) is 2. The molecule has 4 aromatic carbocycles. The number of benzene rings is 4. The number of halogens is 1. The van der Waals surface area contributed by atoms with Crippen molar-refractivity contribution in [2.24, 2.45) is 0 Å². The molecule has 1 aliphatic rings. The Labute approximate surface area is 224 Å². The van der Waals surface area contributed by atoms with Crippen LogP contribution in [0.5, 0.6) is 0 Å². The SMILES string of the molecule is Bc1ccc(N(c2ccc(B)cc2)c2ccc(N(C3=CCC=C(Br)C=C3)c3ccccc3)cc2)cc1. The van der Waals surface area contributed by atoms with Gasteiger partial charge in [-0.05, 0) is 79.2 Å². The molecule has 4 aromatic rings. The van der Waals surface area contributed by atoms with Gasteiger partial charge in [-0.3, -0.25) is 0 Å². The minimum Gasteiger partial charge on any atom is -0.311 e. The summed E-state index contributed by atoms with van der Waals surface area (Å²) >= 11 is 3.62. The molecule has 0 bridgehead atoms. The third-order valence-electron chi connectivity index (χ3n) is 6.28. The fourth-order valence-electron chi connectivity index (χ4n) is 4.37. The zero-order chi connectivity index (χ0) is 24.9. The Bertz CT molecular complexity index is 1360. The molecule has 0 radical (unpaired) electrons. The van der Waals surface area contributed by atoms with Crippen LogP contribution in [0, 0.1) is 0 Å². The molecule has 0 spiro atoms. The van der Waals surface area contributed by atoms with Crippen LogP contribution in [0.3, 0.4) is 0 Å². The highest BCUT2D eigenvalue weighted by Gasteiger charge is 2.16. The molecule has 36 heavy (non-hydrogen) atoms. The number of hydrogen-bond acceptors (Lipinski definition) is 2. The lowest BCUT2D eigenvalue weighted by atomic mass is 9.95. The van der Waals surface area contributed by atoms with Crippen molar-refractivity contribution >= 4 is 71.0 Å². The molecular formula is C31H27B2BrN2. The van der Waals surface area contributed by atoms with E-state index in [0.717, 1.165) is 45.0 Å². The Morgan fingerprint density at radius 2 is 0.944 bits per heavy atom. The molecule has 2 nitrogen and oxygen atoms in total. The van der Waals surface area contributed by atoms with Gasteiger partial charge in [0.15, 0.2) is 0 Å². The van der Waals surface area contributed by atoms with E-state index < -0.39 is 0 Å². The van der Waals surface area contributed by atoms with Crippen LogP contribution >= 0.6 is 15.9 Å². The van der Waals surface area contributed by atoms with E-state index in [1.54, 1.807) is 0 Å². The quantitative estimate of drug-likeness (QED) is 0.286. The van der Waals surface area contributed by atoms with Gasteiger partial charge in [0, 0.05) is 38.6 Å². The smallest absolute Gasteiger partial charge is 0.139 e. The van der Waals surface area contributed by atoms with Gasteiger partial charge in [-0.2, -0.15) is 0 Å². The van der Waals surface area contributed by atoms with E-state index in [2.05, 4.69) is 169 Å². The summed E-state index contributed by atoms with van der Waals surface area (Å²) in [5, 5.41) is 0. The highest BCUT2D eigenvalue weighted by Crippen LogP contribution is 2.37. The monoisotopic (exact) mass is 528 g/mol. The van der Waals surface area contributed by atoms with Crippen LogP contribution in [-0.4, -0.2) is 15.7 Å². The van der Waals surface area contributed by atoms with Crippen LogP contribution in [0.25, 0.3) is 0 Å². The van der Waals surface area contributed by atoms with Crippen LogP contribution in [0.1, 0.15) is 6.42 Å². The van der Waals surface area contributed by atoms with E-state index >= 15 is 0 Å². The van der Waals surface area contributed by atoms with Gasteiger partial charge >= 0.3 is 0 Å². The molecule has 0 heterocycles. The van der Waals surface area contributed by atoms with Gasteiger partial charge in [-0.15, -0.1) is 0 Å². The van der Waals surface area contributed by atoms with Gasteiger partial charge in [0.1, 0.15) is 15.7 Å². The lowest BCUT2D eigenvalue weighted by molar-refractivity contribution is 1.18. The second kappa shape index (κ2) is 10.9. The molecule has 5 heteroatoms. The third kappa shape index (κ3) is 5.42. The Morgan fingerprint density at radius 3 is 1.47 bits per heavy atom. The highest BCUT2D eigenvalue weighted by molar-refractivity contribution is 9.11. The molecule has 0 amide bonds. The highest BCUT2D eigenvalue weighted by atomic mass is 79.9. The van der Waals surface area contributed by atoms with E-state index in [9.17, 15) is 0 Å². The minimum absolute atomic E-state index is 0.874. The first kappa shape index (κ1) is 24.0. The van der Waals surface area contributed by atoms with Crippen LogP contribution in [0.4, 0.5) is 28.4 Å². The van der Waals surface area contributed by atoms with Crippen molar-refractivity contribution in [2.75, 3.05) is 9.80 Å². The maximum absolute atomic E-state index is 3.62. The molecule has 1 aliphatic carbocycles. The summed E-state index contributed by atoms with van der Waals surface area (Å²) in [4.78, 5) is 4.61. The summed E-state index contributed by atoms with van der Waals surface area (Å²) in [6.45, 7) is 0. The van der Waals surface area contributed by atoms with Crippen molar-refractivity contribution in [1.82, 2.24) is 0 Å². The first-order chi connectivity index (χ1) is 17.6. The van der Waals surface area contributed by atoms with Gasteiger partial charge in [0.05, 0.1) is 0 Å². The first-order valence-electron chi connectivity index (χ1n) is 12.2. The molecule has 0 atom stereocenters. The molecule has 0 N–H and O–H groups in total. The molecule has 0 saturated heterocycles. The Kier molecular flexibility index (Phi) is 7.29. The Morgan fingerprint density at radius 1 is 0.500 bits per heavy atom. The summed E-state index contributed by atoms with van der Waals surface area (Å²) < 4.78 is 1.10. The summed E-state index contributed by atoms with van der Waals surface area (Å²) in [7, 11) is 4.25. The fourth-order valence-corrected chi connectivity index (χ4v) is 4.69. The molecule has 0 aliphatic heterocycles. The first-order valence-corrected chi connectivity index (χ1v) is 13.0. The van der Waals surface area contributed by atoms with Crippen LogP contribution in [0.15, 0.2) is 138 Å². The molecule has 0 saturated carbocycles. The standard InChI is InChI=1S/C31H27B2BrN2/c32-23-9-14-28(15-10-23)36(29-16-11-24(33)12-17-29)31-21-19-30(20-22-31)35(26-6-2-1-3-7-26)27-8-4-5-25(34)13-18-27/h1-3,5-22H,4,32-33H2. The minimum atomic E-state index is 0.874. The summed E-state index contributed by atoms with van der Waals surface area (Å²) in [5.74, 6) is 0. The zero-order valence-electron chi connectivity index (χ0n) is 20.6. The van der Waals surface area contributed by atoms with Gasteiger partial charge in [0.2, 0.25) is 0 Å². The molecule has 0 aromatic heterocycles. The van der Waals surface area contributed by atoms with E-state index in [4.69, 9.17) is 0 Å². The number of allylic oxidation sites excluding steroid dienone is 5. The second-order valence-corrected chi connectivity index (χ2v) is 9.90. The number of hydrogen-bond donors (Lipinski definition) is 0. The summed E-state index contributed by atoms with van der Waals surface area (Å²) in [6, 6.07) is 36.8. The Hall–Kier alpha value is -3.69. The number of anilines is 5. The van der Waals surface area contributed by atoms with E-state index in [0.29, 0.717) is 0 Å². The van der Waals surface area contributed by atoms with Crippen molar-refractivity contribution in [2.45, 2.75) is 6.42 Å². The normalized spacial score (nSPS) is 12.9. The predicted octanol–water partition coefficient (Wildman–Crippen LogP) is 5.93. The van der Waals surface area contributed by atoms with E-state index in [1.165, 1.54) is 10.9 Å². The van der Waals surface area contributed by atoms with Gasteiger partial charge in [-0.1, -0.05) is 81.5 Å². The average Bonchev–Trinajstić information content (AvgIpc) is 3.12. The van der Waals surface area contributed by atoms with E-state index in [1.807, 2.05) is 0 Å². The van der Waals surface area contributed by atoms with Crippen molar-refractivity contribution in [3.8, 4) is 0 Å². The molecule has 0 unspecified atom stereocenters. The average molecular weight is 529 g/mol. The lowest BCUT2D eigenvalue weighted by Gasteiger charge is -2.29. The van der Waals surface area contributed by atoms with Crippen LogP contribution in [0.2, 0.25) is 0 Å². The third-order valence-corrected chi connectivity index (χ3v) is 6.86. The topological polar surface area (TPSA) is 6.48 Å². The van der Waals surface area contributed by atoms with Crippen LogP contribution in [-0.2, 0) is 0 Å². The van der Waals surface area contributed by atoms with Crippen LogP contribution < -0.4 is 20.7 Å². The number of rotatable bonds is 6. The molecule has 174 valence electrons. The van der Waals surface area contributed by atoms with Crippen molar-refractivity contribution in [1.29, 1.82) is 0 Å². The maximum atomic E-state index is 3.62. The molecule has 0 fully saturated rings. The van der Waals surface area contributed by atoms with E-state index in [-0.39, 0.29) is 0 Å². The number of para-hydroxylation sites is 1. The largest absolute Gasteiger partial charge is 0.311 e. The molecule has 5 rings (SSSR count). The fraction of sp³-hybridized carbons (Fsp3) is 0.0323. The van der Waals surface area contributed by atoms with Gasteiger partial charge in [0.25, 0.3) is 0 Å². The summed E-state index contributed by atoms with van der Waals surface area (Å²) in [5.41, 5.74) is 9.30. The van der Waals surface area contributed by atoms with Crippen molar-refractivity contribution in [3.05, 3.63) is 138 Å². The van der Waals surface area contributed by atoms with Crippen molar-refractivity contribution < 1.29 is 0 Å². The maximum Gasteiger partial charge on any atom is 0.139 e. The summed E-state index contributed by atoms with van der Waals surface area (Å²) in [6.07, 6.45) is 9.59.